The van der Waals surface area contributed by atoms with Crippen molar-refractivity contribution in [3.8, 4) is 11.5 Å². The van der Waals surface area contributed by atoms with Gasteiger partial charge in [0.05, 0.1) is 12.7 Å². The number of phenols is 1. The molecule has 1 heterocycles. The van der Waals surface area contributed by atoms with Crippen molar-refractivity contribution in [2.45, 2.75) is 25.3 Å². The number of nitrogens with zero attached hydrogens (tertiary/aromatic N) is 1. The van der Waals surface area contributed by atoms with Crippen LogP contribution < -0.4 is 4.74 Å². The molecule has 3 unspecified atom stereocenters. The Kier molecular flexibility index (Phi) is 3.68. The Hall–Kier alpha value is -2.24. The van der Waals surface area contributed by atoms with E-state index < -0.39 is 17.9 Å². The fraction of sp³-hybridized carbons (Fsp3) is 0.500. The van der Waals surface area contributed by atoms with Crippen molar-refractivity contribution in [2.75, 3.05) is 13.7 Å². The van der Waals surface area contributed by atoms with Crippen LogP contribution in [0.3, 0.4) is 0 Å². The Morgan fingerprint density at radius 1 is 1.32 bits per heavy atom. The molecule has 22 heavy (non-hydrogen) atoms. The number of hydrogen-bond acceptors (Lipinski definition) is 4. The minimum atomic E-state index is -0.967. The minimum Gasteiger partial charge on any atom is -0.507 e. The molecule has 0 spiro atoms. The summed E-state index contributed by atoms with van der Waals surface area (Å²) < 4.78 is 5.07. The summed E-state index contributed by atoms with van der Waals surface area (Å²) in [5, 5.41) is 19.5. The van der Waals surface area contributed by atoms with Gasteiger partial charge in [-0.2, -0.15) is 0 Å². The maximum Gasteiger partial charge on any atom is 0.326 e. The van der Waals surface area contributed by atoms with Crippen LogP contribution in [-0.2, 0) is 4.79 Å². The molecule has 1 saturated carbocycles. The number of likely N-dealkylation sites (tertiary alicyclic amines) is 1. The van der Waals surface area contributed by atoms with E-state index in [2.05, 4.69) is 0 Å². The maximum absolute atomic E-state index is 12.7. The lowest BCUT2D eigenvalue weighted by molar-refractivity contribution is -0.142. The Bertz CT molecular complexity index is 615. The van der Waals surface area contributed by atoms with Gasteiger partial charge in [0.2, 0.25) is 0 Å². The SMILES string of the molecule is COc1ccc(O)c(C(=O)N2CC3CCCC3C2C(=O)O)c1. The molecule has 2 fully saturated rings. The van der Waals surface area contributed by atoms with Crippen LogP contribution in [0.15, 0.2) is 18.2 Å². The van der Waals surface area contributed by atoms with Gasteiger partial charge in [0.25, 0.3) is 5.91 Å². The number of phenolic OH excluding ortho intramolecular Hbond substituents is 1. The molecule has 1 saturated heterocycles. The number of hydrogen-bond donors (Lipinski definition) is 2. The second kappa shape index (κ2) is 5.51. The number of carboxylic acid groups (broad SMARTS) is 1. The molecule has 1 aromatic carbocycles. The first-order chi connectivity index (χ1) is 10.5. The molecular weight excluding hydrogens is 286 g/mol. The van der Waals surface area contributed by atoms with E-state index in [1.165, 1.54) is 24.1 Å². The fourth-order valence-electron chi connectivity index (χ4n) is 3.80. The lowest BCUT2D eigenvalue weighted by Gasteiger charge is -2.24. The largest absolute Gasteiger partial charge is 0.507 e. The van der Waals surface area contributed by atoms with Crippen LogP contribution >= 0.6 is 0 Å². The molecule has 1 amide bonds. The van der Waals surface area contributed by atoms with Gasteiger partial charge in [-0.15, -0.1) is 0 Å². The van der Waals surface area contributed by atoms with Crippen LogP contribution in [0.25, 0.3) is 0 Å². The Labute approximate surface area is 128 Å². The Morgan fingerprint density at radius 3 is 2.77 bits per heavy atom. The highest BCUT2D eigenvalue weighted by molar-refractivity contribution is 5.99. The van der Waals surface area contributed by atoms with Gasteiger partial charge in [-0.3, -0.25) is 4.79 Å². The molecule has 6 nitrogen and oxygen atoms in total. The van der Waals surface area contributed by atoms with Crippen molar-refractivity contribution in [2.24, 2.45) is 11.8 Å². The normalized spacial score (nSPS) is 26.8. The number of benzene rings is 1. The summed E-state index contributed by atoms with van der Waals surface area (Å²) in [5.41, 5.74) is 0.0885. The van der Waals surface area contributed by atoms with Crippen LogP contribution in [0.4, 0.5) is 0 Å². The van der Waals surface area contributed by atoms with Gasteiger partial charge < -0.3 is 19.8 Å². The van der Waals surface area contributed by atoms with Crippen molar-refractivity contribution in [1.29, 1.82) is 0 Å². The van der Waals surface area contributed by atoms with Gasteiger partial charge >= 0.3 is 5.97 Å². The third kappa shape index (κ3) is 2.28. The predicted molar refractivity (Wildman–Crippen MR) is 78.0 cm³/mol. The number of carboxylic acids is 1. The molecule has 6 heteroatoms. The number of aromatic hydroxyl groups is 1. The van der Waals surface area contributed by atoms with E-state index in [9.17, 15) is 19.8 Å². The monoisotopic (exact) mass is 305 g/mol. The molecule has 3 atom stereocenters. The van der Waals surface area contributed by atoms with Crippen LogP contribution in [-0.4, -0.2) is 46.7 Å². The molecule has 2 N–H and O–H groups in total. The third-order valence-electron chi connectivity index (χ3n) is 4.84. The highest BCUT2D eigenvalue weighted by atomic mass is 16.5. The van der Waals surface area contributed by atoms with Gasteiger partial charge in [-0.25, -0.2) is 4.79 Å². The van der Waals surface area contributed by atoms with E-state index in [4.69, 9.17) is 4.74 Å². The number of aliphatic carboxylic acids is 1. The summed E-state index contributed by atoms with van der Waals surface area (Å²) in [7, 11) is 1.47. The Balaban J connectivity index is 1.93. The zero-order chi connectivity index (χ0) is 15.9. The summed E-state index contributed by atoms with van der Waals surface area (Å²) in [5.74, 6) is -0.852. The molecule has 3 rings (SSSR count). The lowest BCUT2D eigenvalue weighted by atomic mass is 9.94. The number of fused-ring (bicyclic) bond motifs is 1. The number of carbonyl (C=O) groups is 2. The van der Waals surface area contributed by atoms with Crippen LogP contribution in [0.1, 0.15) is 29.6 Å². The molecule has 0 radical (unpaired) electrons. The van der Waals surface area contributed by atoms with E-state index in [0.717, 1.165) is 19.3 Å². The van der Waals surface area contributed by atoms with Crippen LogP contribution in [0.2, 0.25) is 0 Å². The first-order valence-corrected chi connectivity index (χ1v) is 7.43. The first kappa shape index (κ1) is 14.7. The zero-order valence-corrected chi connectivity index (χ0v) is 12.4. The summed E-state index contributed by atoms with van der Waals surface area (Å²) in [6.45, 7) is 0.442. The van der Waals surface area contributed by atoms with Crippen molar-refractivity contribution >= 4 is 11.9 Å². The summed E-state index contributed by atoms with van der Waals surface area (Å²) >= 11 is 0. The number of methoxy groups -OCH3 is 1. The molecule has 0 bridgehead atoms. The van der Waals surface area contributed by atoms with Crippen LogP contribution in [0, 0.1) is 11.8 Å². The van der Waals surface area contributed by atoms with E-state index in [-0.39, 0.29) is 23.1 Å². The fourth-order valence-corrected chi connectivity index (χ4v) is 3.80. The number of rotatable bonds is 3. The second-order valence-corrected chi connectivity index (χ2v) is 5.98. The second-order valence-electron chi connectivity index (χ2n) is 5.98. The van der Waals surface area contributed by atoms with E-state index in [1.807, 2.05) is 0 Å². The van der Waals surface area contributed by atoms with Gasteiger partial charge in [0.15, 0.2) is 0 Å². The number of amides is 1. The van der Waals surface area contributed by atoms with Gasteiger partial charge in [0.1, 0.15) is 17.5 Å². The minimum absolute atomic E-state index is 0.0224. The summed E-state index contributed by atoms with van der Waals surface area (Å²) in [6.07, 6.45) is 2.82. The highest BCUT2D eigenvalue weighted by Crippen LogP contribution is 2.43. The molecule has 0 aromatic heterocycles. The zero-order valence-electron chi connectivity index (χ0n) is 12.4. The van der Waals surface area contributed by atoms with E-state index in [0.29, 0.717) is 12.3 Å². The summed E-state index contributed by atoms with van der Waals surface area (Å²) in [4.78, 5) is 25.7. The van der Waals surface area contributed by atoms with E-state index >= 15 is 0 Å². The average molecular weight is 305 g/mol. The number of carbonyl (C=O) groups excluding carboxylic acids is 1. The van der Waals surface area contributed by atoms with Gasteiger partial charge in [-0.05, 0) is 42.9 Å². The van der Waals surface area contributed by atoms with Crippen molar-refractivity contribution in [3.63, 3.8) is 0 Å². The van der Waals surface area contributed by atoms with Gasteiger partial charge in [-0.1, -0.05) is 6.42 Å². The quantitative estimate of drug-likeness (QED) is 0.888. The predicted octanol–water partition coefficient (Wildman–Crippen LogP) is 1.73. The smallest absolute Gasteiger partial charge is 0.326 e. The molecular formula is C16H19NO5. The first-order valence-electron chi connectivity index (χ1n) is 7.43. The van der Waals surface area contributed by atoms with Gasteiger partial charge in [0, 0.05) is 6.54 Å². The average Bonchev–Trinajstić information content (AvgIpc) is 3.06. The Morgan fingerprint density at radius 2 is 2.09 bits per heavy atom. The standard InChI is InChI=1S/C16H19NO5/c1-22-10-5-6-13(18)12(7-10)15(19)17-8-9-3-2-4-11(9)14(17)16(20)21/h5-7,9,11,14,18H,2-4,8H2,1H3,(H,20,21). The summed E-state index contributed by atoms with van der Waals surface area (Å²) in [6, 6.07) is 3.59. The molecule has 118 valence electrons. The van der Waals surface area contributed by atoms with Crippen LogP contribution in [0.5, 0.6) is 11.5 Å². The third-order valence-corrected chi connectivity index (χ3v) is 4.84. The lowest BCUT2D eigenvalue weighted by Crippen LogP contribution is -2.43. The topological polar surface area (TPSA) is 87.1 Å². The highest BCUT2D eigenvalue weighted by Gasteiger charge is 2.49. The maximum atomic E-state index is 12.7. The molecule has 1 aliphatic heterocycles. The molecule has 1 aliphatic carbocycles. The molecule has 2 aliphatic rings. The van der Waals surface area contributed by atoms with Crippen molar-refractivity contribution < 1.29 is 24.5 Å². The number of ether oxygens (including phenoxy) is 1. The van der Waals surface area contributed by atoms with Crippen molar-refractivity contribution in [1.82, 2.24) is 4.90 Å². The molecule has 1 aromatic rings. The van der Waals surface area contributed by atoms with E-state index in [1.54, 1.807) is 6.07 Å². The van der Waals surface area contributed by atoms with Crippen molar-refractivity contribution in [3.05, 3.63) is 23.8 Å².